The minimum atomic E-state index is 0.467. The van der Waals surface area contributed by atoms with Gasteiger partial charge in [0.2, 0.25) is 0 Å². The van der Waals surface area contributed by atoms with Crippen LogP contribution in [-0.2, 0) is 0 Å². The van der Waals surface area contributed by atoms with Gasteiger partial charge in [0.05, 0.1) is 0 Å². The average molecular weight is 234 g/mol. The summed E-state index contributed by atoms with van der Waals surface area (Å²) in [4.78, 5) is 0. The van der Waals surface area contributed by atoms with E-state index in [1.807, 2.05) is 0 Å². The monoisotopic (exact) mass is 234 g/mol. The summed E-state index contributed by atoms with van der Waals surface area (Å²) in [6.45, 7) is 17.1. The van der Waals surface area contributed by atoms with Gasteiger partial charge in [-0.2, -0.15) is 0 Å². The van der Waals surface area contributed by atoms with Crippen molar-refractivity contribution in [1.29, 1.82) is 0 Å². The number of fused-ring (bicyclic) bond motifs is 2. The van der Waals surface area contributed by atoms with E-state index in [0.717, 1.165) is 0 Å². The van der Waals surface area contributed by atoms with Gasteiger partial charge in [0.25, 0.3) is 0 Å². The third-order valence-electron chi connectivity index (χ3n) is 5.59. The molecule has 0 aromatic heterocycles. The third-order valence-corrected chi connectivity index (χ3v) is 5.59. The molecule has 6 atom stereocenters. The van der Waals surface area contributed by atoms with Crippen LogP contribution in [0.15, 0.2) is 72.9 Å². The summed E-state index contributed by atoms with van der Waals surface area (Å²) in [6.07, 6.45) is 9.42. The van der Waals surface area contributed by atoms with E-state index < -0.39 is 0 Å². The van der Waals surface area contributed by atoms with Crippen molar-refractivity contribution in [2.75, 3.05) is 0 Å². The maximum absolute atomic E-state index is 4.27. The largest absolute Gasteiger partial charge is 0.0949 e. The van der Waals surface area contributed by atoms with Crippen LogP contribution in [0.3, 0.4) is 0 Å². The molecule has 2 fully saturated rings. The van der Waals surface area contributed by atoms with Gasteiger partial charge in [-0.3, -0.25) is 0 Å². The van der Waals surface area contributed by atoms with Crippen LogP contribution < -0.4 is 0 Å². The highest BCUT2D eigenvalue weighted by Gasteiger charge is 2.55. The molecule has 6 rings (SSSR count). The van der Waals surface area contributed by atoms with E-state index in [-0.39, 0.29) is 0 Å². The van der Waals surface area contributed by atoms with Gasteiger partial charge in [-0.25, -0.2) is 0 Å². The van der Waals surface area contributed by atoms with E-state index >= 15 is 0 Å². The summed E-state index contributed by atoms with van der Waals surface area (Å²) < 4.78 is 0. The van der Waals surface area contributed by atoms with Gasteiger partial charge in [0.15, 0.2) is 0 Å². The zero-order chi connectivity index (χ0) is 12.6. The van der Waals surface area contributed by atoms with E-state index in [0.29, 0.717) is 35.5 Å². The van der Waals surface area contributed by atoms with Gasteiger partial charge in [0, 0.05) is 23.7 Å². The molecule has 6 aliphatic rings. The molecular weight excluding hydrogens is 216 g/mol. The first kappa shape index (κ1) is 10.4. The second kappa shape index (κ2) is 3.06. The van der Waals surface area contributed by atoms with Crippen molar-refractivity contribution < 1.29 is 0 Å². The Labute approximate surface area is 109 Å². The summed E-state index contributed by atoms with van der Waals surface area (Å²) in [6, 6.07) is 0. The summed E-state index contributed by atoms with van der Waals surface area (Å²) in [5.41, 5.74) is 5.01. The highest BCUT2D eigenvalue weighted by Crippen LogP contribution is 2.62. The van der Waals surface area contributed by atoms with Crippen molar-refractivity contribution in [3.05, 3.63) is 72.9 Å². The molecule has 6 aliphatic carbocycles. The molecule has 2 saturated carbocycles. The van der Waals surface area contributed by atoms with Crippen molar-refractivity contribution in [2.45, 2.75) is 0 Å². The highest BCUT2D eigenvalue weighted by molar-refractivity contribution is 5.52. The van der Waals surface area contributed by atoms with E-state index in [4.69, 9.17) is 0 Å². The quantitative estimate of drug-likeness (QED) is 0.554. The summed E-state index contributed by atoms with van der Waals surface area (Å²) in [5.74, 6) is 3.16. The fourth-order valence-corrected chi connectivity index (χ4v) is 4.65. The zero-order valence-electron chi connectivity index (χ0n) is 10.6. The first-order valence-electron chi connectivity index (χ1n) is 6.74. The summed E-state index contributed by atoms with van der Waals surface area (Å²) in [7, 11) is 0. The van der Waals surface area contributed by atoms with Crippen LogP contribution in [0.2, 0.25) is 0 Å². The number of hydrogen-bond donors (Lipinski definition) is 0. The Morgan fingerprint density at radius 1 is 0.500 bits per heavy atom. The van der Waals surface area contributed by atoms with Crippen LogP contribution in [0.4, 0.5) is 0 Å². The predicted molar refractivity (Wildman–Crippen MR) is 75.8 cm³/mol. The molecule has 0 amide bonds. The lowest BCUT2D eigenvalue weighted by molar-refractivity contribution is 0.110. The van der Waals surface area contributed by atoms with E-state index in [1.54, 1.807) is 0 Å². The van der Waals surface area contributed by atoms with Crippen LogP contribution in [0, 0.1) is 35.5 Å². The second-order valence-electron chi connectivity index (χ2n) is 6.13. The number of allylic oxidation sites excluding steroid dienone is 8. The van der Waals surface area contributed by atoms with E-state index in [2.05, 4.69) is 50.6 Å². The Morgan fingerprint density at radius 2 is 0.722 bits per heavy atom. The lowest BCUT2D eigenvalue weighted by Crippen LogP contribution is -2.51. The average Bonchev–Trinajstić information content (AvgIpc) is 2.39. The zero-order valence-corrected chi connectivity index (χ0v) is 10.6. The molecule has 0 nitrogen and oxygen atoms in total. The molecule has 0 aromatic rings. The van der Waals surface area contributed by atoms with Crippen molar-refractivity contribution in [2.24, 2.45) is 35.5 Å². The van der Waals surface area contributed by atoms with Crippen LogP contribution in [0.25, 0.3) is 0 Å². The predicted octanol–water partition coefficient (Wildman–Crippen LogP) is 4.08. The van der Waals surface area contributed by atoms with E-state index in [1.165, 1.54) is 22.3 Å². The molecule has 0 aliphatic heterocycles. The van der Waals surface area contributed by atoms with Gasteiger partial charge >= 0.3 is 0 Å². The molecule has 0 N–H and O–H groups in total. The van der Waals surface area contributed by atoms with Gasteiger partial charge in [0.1, 0.15) is 0 Å². The second-order valence-corrected chi connectivity index (χ2v) is 6.13. The standard InChI is InChI=1S/C18H18/c1-9-10(2)14-6-5-13(9)17-15-7-8-16(18(14)17)12(4)11(15)3/h5-8,13-18H,1-4H2/t13-,14+,15+,16-,17?,18?. The van der Waals surface area contributed by atoms with Gasteiger partial charge < -0.3 is 0 Å². The molecular formula is C18H18. The molecule has 0 aromatic carbocycles. The topological polar surface area (TPSA) is 0 Å². The number of rotatable bonds is 0. The fourth-order valence-electron chi connectivity index (χ4n) is 4.65. The smallest absolute Gasteiger partial charge is 0.00554 e. The maximum Gasteiger partial charge on any atom is 0.00554 e. The summed E-state index contributed by atoms with van der Waals surface area (Å²) in [5, 5.41) is 0. The minimum absolute atomic E-state index is 0.467. The number of hydrogen-bond acceptors (Lipinski definition) is 0. The van der Waals surface area contributed by atoms with Gasteiger partial charge in [-0.15, -0.1) is 0 Å². The summed E-state index contributed by atoms with van der Waals surface area (Å²) >= 11 is 0. The van der Waals surface area contributed by atoms with Crippen LogP contribution in [0.1, 0.15) is 0 Å². The molecule has 0 radical (unpaired) electrons. The van der Waals surface area contributed by atoms with Crippen LogP contribution >= 0.6 is 0 Å². The Hall–Kier alpha value is -1.56. The molecule has 2 unspecified atom stereocenters. The lowest BCUT2D eigenvalue weighted by atomic mass is 9.45. The Morgan fingerprint density at radius 3 is 0.944 bits per heavy atom. The maximum atomic E-state index is 4.27. The lowest BCUT2D eigenvalue weighted by Gasteiger charge is -2.58. The van der Waals surface area contributed by atoms with Crippen molar-refractivity contribution >= 4 is 0 Å². The van der Waals surface area contributed by atoms with Gasteiger partial charge in [-0.1, -0.05) is 50.6 Å². The molecule has 0 heteroatoms. The third kappa shape index (κ3) is 0.949. The molecule has 18 heavy (non-hydrogen) atoms. The molecule has 0 heterocycles. The Bertz CT molecular complexity index is 469. The van der Waals surface area contributed by atoms with Crippen LogP contribution in [-0.4, -0.2) is 0 Å². The van der Waals surface area contributed by atoms with Crippen molar-refractivity contribution in [1.82, 2.24) is 0 Å². The van der Waals surface area contributed by atoms with Crippen molar-refractivity contribution in [3.63, 3.8) is 0 Å². The van der Waals surface area contributed by atoms with Crippen molar-refractivity contribution in [3.8, 4) is 0 Å². The van der Waals surface area contributed by atoms with Gasteiger partial charge in [-0.05, 0) is 34.1 Å². The first-order valence-corrected chi connectivity index (χ1v) is 6.74. The molecule has 4 bridgehead atoms. The fraction of sp³-hybridized carbons (Fsp3) is 0.333. The highest BCUT2D eigenvalue weighted by atomic mass is 14.6. The Kier molecular flexibility index (Phi) is 1.76. The Balaban J connectivity index is 1.92. The SMILES string of the molecule is C=C1C(=C)[C@@H]2C=C[C@H]1C1C2[C@@H]2C=C[C@H]1C(=C)C2=C. The molecule has 90 valence electrons. The first-order chi connectivity index (χ1) is 8.61. The minimum Gasteiger partial charge on any atom is -0.0949 e. The van der Waals surface area contributed by atoms with E-state index in [9.17, 15) is 0 Å². The molecule has 0 spiro atoms. The molecule has 0 saturated heterocycles. The normalized spacial score (nSPS) is 48.0. The van der Waals surface area contributed by atoms with Crippen LogP contribution in [0.5, 0.6) is 0 Å².